The Kier molecular flexibility index (Phi) is 4.01. The molecular weight excluding hydrogens is 263 g/mol. The first-order chi connectivity index (χ1) is 9.06. The van der Waals surface area contributed by atoms with E-state index in [-0.39, 0.29) is 4.99 Å². The highest BCUT2D eigenvalue weighted by Gasteiger charge is 2.05. The highest BCUT2D eigenvalue weighted by Crippen LogP contribution is 2.16. The van der Waals surface area contributed by atoms with Crippen LogP contribution in [0.25, 0.3) is 0 Å². The van der Waals surface area contributed by atoms with Gasteiger partial charge in [0.25, 0.3) is 0 Å². The van der Waals surface area contributed by atoms with Gasteiger partial charge >= 0.3 is 0 Å². The molecule has 0 unspecified atom stereocenters. The van der Waals surface area contributed by atoms with Gasteiger partial charge in [-0.05, 0) is 25.1 Å². The summed E-state index contributed by atoms with van der Waals surface area (Å²) in [5.41, 5.74) is 7.91. The van der Waals surface area contributed by atoms with Crippen LogP contribution in [-0.4, -0.2) is 15.0 Å². The molecule has 0 aliphatic heterocycles. The third-order valence-corrected chi connectivity index (χ3v) is 2.78. The summed E-state index contributed by atoms with van der Waals surface area (Å²) in [6, 6.07) is 4.59. The second-order valence-corrected chi connectivity index (χ2v) is 4.50. The summed E-state index contributed by atoms with van der Waals surface area (Å²) < 4.78 is 13.8. The van der Waals surface area contributed by atoms with Crippen molar-refractivity contribution in [2.45, 2.75) is 13.5 Å². The normalized spacial score (nSPS) is 10.2. The van der Waals surface area contributed by atoms with Gasteiger partial charge in [0, 0.05) is 11.8 Å². The van der Waals surface area contributed by atoms with E-state index in [9.17, 15) is 4.39 Å². The zero-order valence-electron chi connectivity index (χ0n) is 10.4. The second kappa shape index (κ2) is 5.71. The van der Waals surface area contributed by atoms with Crippen molar-refractivity contribution in [2.24, 2.45) is 5.73 Å². The molecule has 0 fully saturated rings. The molecule has 2 rings (SSSR count). The quantitative estimate of drug-likeness (QED) is 0.838. The number of halogens is 1. The number of nitrogens with one attached hydrogen (secondary N) is 1. The van der Waals surface area contributed by atoms with E-state index in [0.717, 1.165) is 11.4 Å². The fourth-order valence-corrected chi connectivity index (χ4v) is 1.64. The molecule has 0 bridgehead atoms. The molecule has 0 aliphatic carbocycles. The van der Waals surface area contributed by atoms with Crippen LogP contribution in [0.3, 0.4) is 0 Å². The fraction of sp³-hybridized carbons (Fsp3) is 0.154. The summed E-state index contributed by atoms with van der Waals surface area (Å²) in [5.74, 6) is -0.398. The molecule has 0 aliphatic rings. The molecular formula is C13H13FN4S. The van der Waals surface area contributed by atoms with Crippen LogP contribution in [0.2, 0.25) is 0 Å². The lowest BCUT2D eigenvalue weighted by molar-refractivity contribution is 0.629. The Balaban J connectivity index is 2.07. The number of aryl methyl sites for hydroxylation is 1. The van der Waals surface area contributed by atoms with Crippen LogP contribution in [0, 0.1) is 12.7 Å². The lowest BCUT2D eigenvalue weighted by atomic mass is 10.2. The minimum atomic E-state index is -0.398. The van der Waals surface area contributed by atoms with Crippen LogP contribution in [0.4, 0.5) is 10.1 Å². The predicted molar refractivity (Wildman–Crippen MR) is 76.4 cm³/mol. The van der Waals surface area contributed by atoms with Crippen LogP contribution in [-0.2, 0) is 6.54 Å². The van der Waals surface area contributed by atoms with Gasteiger partial charge in [-0.2, -0.15) is 0 Å². The number of aromatic nitrogens is 2. The molecule has 0 amide bonds. The van der Waals surface area contributed by atoms with Crippen molar-refractivity contribution in [1.29, 1.82) is 0 Å². The van der Waals surface area contributed by atoms with Gasteiger partial charge in [0.2, 0.25) is 0 Å². The maximum absolute atomic E-state index is 13.8. The van der Waals surface area contributed by atoms with Gasteiger partial charge in [-0.3, -0.25) is 9.97 Å². The summed E-state index contributed by atoms with van der Waals surface area (Å²) in [4.78, 5) is 8.48. The van der Waals surface area contributed by atoms with Crippen molar-refractivity contribution in [2.75, 3.05) is 5.32 Å². The molecule has 3 N–H and O–H groups in total. The smallest absolute Gasteiger partial charge is 0.146 e. The lowest BCUT2D eigenvalue weighted by Crippen LogP contribution is -2.10. The minimum Gasteiger partial charge on any atom is -0.389 e. The molecule has 1 aromatic heterocycles. The minimum absolute atomic E-state index is 0.176. The molecule has 19 heavy (non-hydrogen) atoms. The second-order valence-electron chi connectivity index (χ2n) is 4.06. The Morgan fingerprint density at radius 2 is 2.16 bits per heavy atom. The Bertz CT molecular complexity index is 598. The largest absolute Gasteiger partial charge is 0.389 e. The van der Waals surface area contributed by atoms with Crippen LogP contribution in [0.1, 0.15) is 17.0 Å². The SMILES string of the molecule is Cc1cnc(CNc2ccc(C(N)=S)cc2F)cn1. The summed E-state index contributed by atoms with van der Waals surface area (Å²) in [6.45, 7) is 2.26. The Morgan fingerprint density at radius 3 is 2.74 bits per heavy atom. The molecule has 6 heteroatoms. The number of nitrogens with two attached hydrogens (primary N) is 1. The number of anilines is 1. The Morgan fingerprint density at radius 1 is 1.37 bits per heavy atom. The first kappa shape index (κ1) is 13.4. The van der Waals surface area contributed by atoms with Crippen LogP contribution >= 0.6 is 12.2 Å². The van der Waals surface area contributed by atoms with Crippen LogP contribution < -0.4 is 11.1 Å². The summed E-state index contributed by atoms with van der Waals surface area (Å²) in [5, 5.41) is 2.95. The Hall–Kier alpha value is -2.08. The van der Waals surface area contributed by atoms with Crippen LogP contribution in [0.15, 0.2) is 30.6 Å². The molecule has 2 aromatic rings. The highest BCUT2D eigenvalue weighted by molar-refractivity contribution is 7.80. The number of hydrogen-bond donors (Lipinski definition) is 2. The molecule has 1 aromatic carbocycles. The maximum atomic E-state index is 13.8. The molecule has 1 heterocycles. The third kappa shape index (κ3) is 3.45. The third-order valence-electron chi connectivity index (χ3n) is 2.55. The van der Waals surface area contributed by atoms with E-state index in [1.165, 1.54) is 6.07 Å². The van der Waals surface area contributed by atoms with Crippen molar-refractivity contribution < 1.29 is 4.39 Å². The average molecular weight is 276 g/mol. The zero-order chi connectivity index (χ0) is 13.8. The number of nitrogens with zero attached hydrogens (tertiary/aromatic N) is 2. The lowest BCUT2D eigenvalue weighted by Gasteiger charge is -2.08. The Labute approximate surface area is 115 Å². The maximum Gasteiger partial charge on any atom is 0.146 e. The number of thiocarbonyl (C=S) groups is 1. The van der Waals surface area contributed by atoms with Crippen molar-refractivity contribution in [1.82, 2.24) is 9.97 Å². The topological polar surface area (TPSA) is 63.8 Å². The van der Waals surface area contributed by atoms with E-state index in [0.29, 0.717) is 17.8 Å². The number of hydrogen-bond acceptors (Lipinski definition) is 4. The predicted octanol–water partition coefficient (Wildman–Crippen LogP) is 2.17. The summed E-state index contributed by atoms with van der Waals surface area (Å²) in [6.07, 6.45) is 3.33. The first-order valence-electron chi connectivity index (χ1n) is 5.67. The zero-order valence-corrected chi connectivity index (χ0v) is 11.2. The van der Waals surface area contributed by atoms with Crippen molar-refractivity contribution in [3.05, 3.63) is 53.4 Å². The first-order valence-corrected chi connectivity index (χ1v) is 6.08. The van der Waals surface area contributed by atoms with E-state index in [1.807, 2.05) is 6.92 Å². The molecule has 0 atom stereocenters. The van der Waals surface area contributed by atoms with Gasteiger partial charge < -0.3 is 11.1 Å². The molecule has 0 saturated carbocycles. The van der Waals surface area contributed by atoms with Gasteiger partial charge in [0.1, 0.15) is 10.8 Å². The molecule has 0 spiro atoms. The van der Waals surface area contributed by atoms with Gasteiger partial charge in [-0.15, -0.1) is 0 Å². The summed E-state index contributed by atoms with van der Waals surface area (Å²) in [7, 11) is 0. The van der Waals surface area contributed by atoms with Crippen LogP contribution in [0.5, 0.6) is 0 Å². The van der Waals surface area contributed by atoms with E-state index < -0.39 is 5.82 Å². The molecule has 4 nitrogen and oxygen atoms in total. The number of rotatable bonds is 4. The molecule has 0 saturated heterocycles. The van der Waals surface area contributed by atoms with Gasteiger partial charge in [0.15, 0.2) is 0 Å². The van der Waals surface area contributed by atoms with E-state index in [2.05, 4.69) is 15.3 Å². The highest BCUT2D eigenvalue weighted by atomic mass is 32.1. The monoisotopic (exact) mass is 276 g/mol. The van der Waals surface area contributed by atoms with Crippen molar-refractivity contribution in [3.63, 3.8) is 0 Å². The van der Waals surface area contributed by atoms with Gasteiger partial charge in [0.05, 0.1) is 29.8 Å². The number of benzene rings is 1. The summed E-state index contributed by atoms with van der Waals surface area (Å²) >= 11 is 4.79. The van der Waals surface area contributed by atoms with E-state index >= 15 is 0 Å². The van der Waals surface area contributed by atoms with Gasteiger partial charge in [-0.1, -0.05) is 12.2 Å². The van der Waals surface area contributed by atoms with Crippen molar-refractivity contribution in [3.8, 4) is 0 Å². The fourth-order valence-electron chi connectivity index (χ4n) is 1.51. The van der Waals surface area contributed by atoms with E-state index in [1.54, 1.807) is 24.5 Å². The standard InChI is InChI=1S/C13H13FN4S/c1-8-5-17-10(6-16-8)7-18-12-3-2-9(13(15)19)4-11(12)14/h2-6,18H,7H2,1H3,(H2,15,19). The molecule has 98 valence electrons. The average Bonchev–Trinajstić information content (AvgIpc) is 2.39. The van der Waals surface area contributed by atoms with Crippen molar-refractivity contribution >= 4 is 22.9 Å². The van der Waals surface area contributed by atoms with Gasteiger partial charge in [-0.25, -0.2) is 4.39 Å². The molecule has 0 radical (unpaired) electrons. The van der Waals surface area contributed by atoms with E-state index in [4.69, 9.17) is 18.0 Å².